The van der Waals surface area contributed by atoms with Crippen molar-refractivity contribution in [1.82, 2.24) is 5.32 Å². The molecule has 2 rings (SSSR count). The second-order valence-electron chi connectivity index (χ2n) is 5.20. The largest absolute Gasteiger partial charge is 0.445 e. The van der Waals surface area contributed by atoms with Gasteiger partial charge in [-0.1, -0.05) is 76.6 Å². The van der Waals surface area contributed by atoms with E-state index in [4.69, 9.17) is 4.74 Å². The highest BCUT2D eigenvalue weighted by Gasteiger charge is 2.18. The van der Waals surface area contributed by atoms with Crippen molar-refractivity contribution in [2.45, 2.75) is 30.5 Å². The van der Waals surface area contributed by atoms with E-state index < -0.39 is 17.1 Å². The van der Waals surface area contributed by atoms with Crippen molar-refractivity contribution < 1.29 is 14.6 Å². The average Bonchev–Trinajstić information content (AvgIpc) is 2.59. The molecule has 4 nitrogen and oxygen atoms in total. The minimum absolute atomic E-state index is 0.201. The number of hydrogen-bond acceptors (Lipinski definition) is 3. The van der Waals surface area contributed by atoms with Gasteiger partial charge < -0.3 is 15.2 Å². The maximum absolute atomic E-state index is 11.7. The number of alkyl halides is 1. The fraction of sp³-hybridized carbons (Fsp3) is 0.278. The predicted molar refractivity (Wildman–Crippen MR) is 93.2 cm³/mol. The van der Waals surface area contributed by atoms with Crippen LogP contribution in [0.1, 0.15) is 17.5 Å². The van der Waals surface area contributed by atoms with E-state index in [9.17, 15) is 9.90 Å². The van der Waals surface area contributed by atoms with E-state index in [-0.39, 0.29) is 6.61 Å². The summed E-state index contributed by atoms with van der Waals surface area (Å²) in [5.41, 5.74) is 2.07. The number of alkyl carbamates (subject to hydrolysis) is 1. The molecule has 0 aliphatic carbocycles. The molecule has 5 heteroatoms. The first-order valence-corrected chi connectivity index (χ1v) is 8.40. The third kappa shape index (κ3) is 6.42. The molecule has 0 saturated carbocycles. The molecule has 0 unspecified atom stereocenters. The second-order valence-corrected chi connectivity index (χ2v) is 6.19. The number of rotatable bonds is 7. The first kappa shape index (κ1) is 17.5. The Kier molecular flexibility index (Phi) is 7.10. The van der Waals surface area contributed by atoms with Crippen LogP contribution in [0.2, 0.25) is 0 Å². The summed E-state index contributed by atoms with van der Waals surface area (Å²) < 4.78 is 5.12. The Morgan fingerprint density at radius 1 is 1.04 bits per heavy atom. The number of hydrogen-bond donors (Lipinski definition) is 2. The van der Waals surface area contributed by atoms with Crippen molar-refractivity contribution in [1.29, 1.82) is 0 Å². The summed E-state index contributed by atoms with van der Waals surface area (Å²) in [4.78, 5) is 11.2. The van der Waals surface area contributed by atoms with E-state index in [0.29, 0.717) is 6.42 Å². The van der Waals surface area contributed by atoms with Crippen molar-refractivity contribution in [2.75, 3.05) is 0 Å². The molecular weight excluding hydrogens is 358 g/mol. The molecule has 0 aliphatic rings. The van der Waals surface area contributed by atoms with Gasteiger partial charge in [-0.25, -0.2) is 4.79 Å². The standard InChI is InChI=1S/C18H20BrNO3/c19-17(16(21)12-11-14-7-3-1-4-8-14)20-18(22)23-13-15-9-5-2-6-10-15/h1-10,16-17,21H,11-13H2,(H,20,22)/t16-,17+/m0/s1. The Labute approximate surface area is 144 Å². The third-order valence-electron chi connectivity index (χ3n) is 3.38. The van der Waals surface area contributed by atoms with Gasteiger partial charge in [0.05, 0.1) is 6.10 Å². The number of halogens is 1. The fourth-order valence-corrected chi connectivity index (χ4v) is 2.53. The van der Waals surface area contributed by atoms with E-state index in [1.165, 1.54) is 0 Å². The van der Waals surface area contributed by atoms with Crippen LogP contribution in [-0.4, -0.2) is 22.3 Å². The first-order valence-electron chi connectivity index (χ1n) is 7.48. The SMILES string of the molecule is O=C(N[C@@H](Br)[C@@H](O)CCc1ccccc1)OCc1ccccc1. The van der Waals surface area contributed by atoms with E-state index in [0.717, 1.165) is 17.5 Å². The van der Waals surface area contributed by atoms with Crippen LogP contribution in [0.25, 0.3) is 0 Å². The molecular formula is C18H20BrNO3. The Hall–Kier alpha value is -1.85. The highest BCUT2D eigenvalue weighted by Crippen LogP contribution is 2.11. The average molecular weight is 378 g/mol. The number of aryl methyl sites for hydroxylation is 1. The minimum Gasteiger partial charge on any atom is -0.445 e. The monoisotopic (exact) mass is 377 g/mol. The zero-order chi connectivity index (χ0) is 16.5. The molecule has 0 spiro atoms. The highest BCUT2D eigenvalue weighted by atomic mass is 79.9. The van der Waals surface area contributed by atoms with Crippen molar-refractivity contribution in [3.05, 3.63) is 71.8 Å². The number of carbonyl (C=O) groups excluding carboxylic acids is 1. The summed E-state index contributed by atoms with van der Waals surface area (Å²) >= 11 is 3.28. The predicted octanol–water partition coefficient (Wildman–Crippen LogP) is 3.63. The van der Waals surface area contributed by atoms with Gasteiger partial charge in [-0.05, 0) is 24.0 Å². The molecule has 0 heterocycles. The number of carbonyl (C=O) groups is 1. The van der Waals surface area contributed by atoms with E-state index >= 15 is 0 Å². The van der Waals surface area contributed by atoms with Gasteiger partial charge in [0, 0.05) is 0 Å². The van der Waals surface area contributed by atoms with Crippen LogP contribution in [0.3, 0.4) is 0 Å². The number of nitrogens with one attached hydrogen (secondary N) is 1. The van der Waals surface area contributed by atoms with Crippen molar-refractivity contribution >= 4 is 22.0 Å². The summed E-state index contributed by atoms with van der Waals surface area (Å²) in [7, 11) is 0. The maximum Gasteiger partial charge on any atom is 0.408 e. The van der Waals surface area contributed by atoms with Gasteiger partial charge in [0.15, 0.2) is 0 Å². The van der Waals surface area contributed by atoms with Gasteiger partial charge in [-0.2, -0.15) is 0 Å². The lowest BCUT2D eigenvalue weighted by molar-refractivity contribution is 0.118. The van der Waals surface area contributed by atoms with Gasteiger partial charge in [0.25, 0.3) is 0 Å². The van der Waals surface area contributed by atoms with E-state index in [1.807, 2.05) is 60.7 Å². The smallest absolute Gasteiger partial charge is 0.408 e. The fourth-order valence-electron chi connectivity index (χ4n) is 2.08. The van der Waals surface area contributed by atoms with Crippen LogP contribution < -0.4 is 5.32 Å². The summed E-state index contributed by atoms with van der Waals surface area (Å²) in [5.74, 6) is 0. The van der Waals surface area contributed by atoms with Crippen LogP contribution in [0, 0.1) is 0 Å². The second kappa shape index (κ2) is 9.33. The first-order chi connectivity index (χ1) is 11.1. The Bertz CT molecular complexity index is 592. The van der Waals surface area contributed by atoms with Crippen LogP contribution in [0.15, 0.2) is 60.7 Å². The Morgan fingerprint density at radius 3 is 2.22 bits per heavy atom. The maximum atomic E-state index is 11.7. The van der Waals surface area contributed by atoms with Gasteiger partial charge in [0.2, 0.25) is 0 Å². The quantitative estimate of drug-likeness (QED) is 0.572. The zero-order valence-corrected chi connectivity index (χ0v) is 14.3. The molecule has 2 aromatic carbocycles. The van der Waals surface area contributed by atoms with Gasteiger partial charge in [-0.3, -0.25) is 0 Å². The van der Waals surface area contributed by atoms with Gasteiger partial charge in [0.1, 0.15) is 11.6 Å². The lowest BCUT2D eigenvalue weighted by atomic mass is 10.1. The third-order valence-corrected chi connectivity index (χ3v) is 4.22. The lowest BCUT2D eigenvalue weighted by Crippen LogP contribution is -2.39. The molecule has 0 saturated heterocycles. The van der Waals surface area contributed by atoms with Crippen molar-refractivity contribution in [3.63, 3.8) is 0 Å². The number of aliphatic hydroxyl groups excluding tert-OH is 1. The zero-order valence-electron chi connectivity index (χ0n) is 12.7. The normalized spacial score (nSPS) is 13.1. The number of amides is 1. The molecule has 0 radical (unpaired) electrons. The highest BCUT2D eigenvalue weighted by molar-refractivity contribution is 9.09. The molecule has 0 bridgehead atoms. The Balaban J connectivity index is 1.70. The van der Waals surface area contributed by atoms with Gasteiger partial charge >= 0.3 is 6.09 Å². The van der Waals surface area contributed by atoms with Crippen molar-refractivity contribution in [3.8, 4) is 0 Å². The van der Waals surface area contributed by atoms with Crippen molar-refractivity contribution in [2.24, 2.45) is 0 Å². The number of benzene rings is 2. The van der Waals surface area contributed by atoms with Crippen LogP contribution in [-0.2, 0) is 17.8 Å². The van der Waals surface area contributed by atoms with E-state index in [1.54, 1.807) is 0 Å². The molecule has 1 amide bonds. The van der Waals surface area contributed by atoms with Gasteiger partial charge in [-0.15, -0.1) is 0 Å². The van der Waals surface area contributed by atoms with Crippen LogP contribution in [0.4, 0.5) is 4.79 Å². The molecule has 122 valence electrons. The molecule has 2 atom stereocenters. The summed E-state index contributed by atoms with van der Waals surface area (Å²) in [6.07, 6.45) is 0.0259. The Morgan fingerprint density at radius 2 is 1.61 bits per heavy atom. The summed E-state index contributed by atoms with van der Waals surface area (Å²) in [6, 6.07) is 19.3. The topological polar surface area (TPSA) is 58.6 Å². The van der Waals surface area contributed by atoms with E-state index in [2.05, 4.69) is 21.2 Å². The van der Waals surface area contributed by atoms with Crippen LogP contribution >= 0.6 is 15.9 Å². The molecule has 23 heavy (non-hydrogen) atoms. The molecule has 0 aliphatic heterocycles. The minimum atomic E-state index is -0.695. The molecule has 0 fully saturated rings. The molecule has 2 N–H and O–H groups in total. The van der Waals surface area contributed by atoms with Crippen LogP contribution in [0.5, 0.6) is 0 Å². The number of aliphatic hydroxyl groups is 1. The summed E-state index contributed by atoms with van der Waals surface area (Å²) in [6.45, 7) is 0.201. The number of ether oxygens (including phenoxy) is 1. The molecule has 0 aromatic heterocycles. The lowest BCUT2D eigenvalue weighted by Gasteiger charge is -2.18. The summed E-state index contributed by atoms with van der Waals surface area (Å²) in [5, 5.41) is 12.7. The molecule has 2 aromatic rings.